The van der Waals surface area contributed by atoms with E-state index in [-0.39, 0.29) is 11.6 Å². The van der Waals surface area contributed by atoms with E-state index in [4.69, 9.17) is 0 Å². The van der Waals surface area contributed by atoms with Crippen LogP contribution in [-0.2, 0) is 4.79 Å². The molecule has 3 rings (SSSR count). The first-order valence-corrected chi connectivity index (χ1v) is 8.85. The maximum atomic E-state index is 12.6. The van der Waals surface area contributed by atoms with E-state index >= 15 is 0 Å². The van der Waals surface area contributed by atoms with Gasteiger partial charge in [0.25, 0.3) is 5.69 Å². The van der Waals surface area contributed by atoms with E-state index in [2.05, 4.69) is 16.4 Å². The molecule has 0 aliphatic heterocycles. The highest BCUT2D eigenvalue weighted by Gasteiger charge is 2.40. The lowest BCUT2D eigenvalue weighted by Gasteiger charge is -2.28. The minimum absolute atomic E-state index is 0.0123. The Hall–Kier alpha value is -2.79. The summed E-state index contributed by atoms with van der Waals surface area (Å²) < 4.78 is 0. The second-order valence-corrected chi connectivity index (χ2v) is 6.91. The molecule has 8 heteroatoms. The molecule has 1 fully saturated rings. The number of hydrogen-bond donors (Lipinski definition) is 1. The fourth-order valence-electron chi connectivity index (χ4n) is 3.00. The lowest BCUT2D eigenvalue weighted by molar-refractivity contribution is -0.384. The Morgan fingerprint density at radius 3 is 2.80 bits per heavy atom. The van der Waals surface area contributed by atoms with Gasteiger partial charge in [-0.05, 0) is 12.8 Å². The van der Waals surface area contributed by atoms with Crippen LogP contribution in [0.2, 0.25) is 0 Å². The van der Waals surface area contributed by atoms with E-state index in [0.717, 1.165) is 19.3 Å². The largest absolute Gasteiger partial charge is 0.301 e. The number of rotatable bonds is 4. The Kier molecular flexibility index (Phi) is 4.76. The van der Waals surface area contributed by atoms with Crippen LogP contribution in [-0.4, -0.2) is 15.8 Å². The number of non-ortho nitro benzene ring substituents is 1. The third kappa shape index (κ3) is 3.51. The number of thiazole rings is 1. The second kappa shape index (κ2) is 6.99. The maximum absolute atomic E-state index is 12.6. The third-order valence-electron chi connectivity index (χ3n) is 4.43. The highest BCUT2D eigenvalue weighted by atomic mass is 32.1. The van der Waals surface area contributed by atoms with Crippen LogP contribution in [0.1, 0.15) is 32.1 Å². The number of carbonyl (C=O) groups is 1. The topological polar surface area (TPSA) is 109 Å². The first-order chi connectivity index (χ1) is 12.0. The van der Waals surface area contributed by atoms with Crippen LogP contribution in [0.4, 0.5) is 10.8 Å². The highest BCUT2D eigenvalue weighted by Crippen LogP contribution is 2.37. The van der Waals surface area contributed by atoms with Crippen LogP contribution >= 0.6 is 11.3 Å². The summed E-state index contributed by atoms with van der Waals surface area (Å²) in [5.41, 5.74) is 0.175. The molecule has 0 saturated heterocycles. The molecule has 0 atom stereocenters. The van der Waals surface area contributed by atoms with Crippen LogP contribution in [0, 0.1) is 26.9 Å². The van der Waals surface area contributed by atoms with Crippen molar-refractivity contribution in [2.75, 3.05) is 5.32 Å². The summed E-state index contributed by atoms with van der Waals surface area (Å²) in [4.78, 5) is 27.3. The molecule has 128 valence electrons. The van der Waals surface area contributed by atoms with Gasteiger partial charge < -0.3 is 5.32 Å². The smallest absolute Gasteiger partial charge is 0.270 e. The average Bonchev–Trinajstić information content (AvgIpc) is 3.11. The number of nitriles is 1. The molecular formula is C17H16N4O3S. The molecule has 1 aliphatic rings. The zero-order chi connectivity index (χ0) is 17.9. The highest BCUT2D eigenvalue weighted by molar-refractivity contribution is 7.14. The standard InChI is InChI=1S/C17H16N4O3S/c18-11-17(7-2-1-3-8-17)15(22)20-16-19-14(10-25-16)12-5-4-6-13(9-12)21(23)24/h4-6,9-10H,1-3,7-8H2,(H,19,20,22). The Morgan fingerprint density at radius 1 is 1.36 bits per heavy atom. The van der Waals surface area contributed by atoms with E-state index in [1.165, 1.54) is 23.5 Å². The summed E-state index contributed by atoms with van der Waals surface area (Å²) >= 11 is 1.24. The lowest BCUT2D eigenvalue weighted by Crippen LogP contribution is -2.36. The molecule has 1 heterocycles. The second-order valence-electron chi connectivity index (χ2n) is 6.05. The molecule has 1 amide bonds. The van der Waals surface area contributed by atoms with Gasteiger partial charge >= 0.3 is 0 Å². The summed E-state index contributed by atoms with van der Waals surface area (Å²) in [6, 6.07) is 8.37. The lowest BCUT2D eigenvalue weighted by atomic mass is 9.74. The molecule has 1 saturated carbocycles. The van der Waals surface area contributed by atoms with Crippen LogP contribution in [0.15, 0.2) is 29.6 Å². The minimum atomic E-state index is -0.977. The molecule has 0 unspecified atom stereocenters. The summed E-state index contributed by atoms with van der Waals surface area (Å²) in [7, 11) is 0. The third-order valence-corrected chi connectivity index (χ3v) is 5.19. The van der Waals surface area contributed by atoms with Gasteiger partial charge in [-0.15, -0.1) is 11.3 Å². The molecule has 0 bridgehead atoms. The van der Waals surface area contributed by atoms with E-state index in [0.29, 0.717) is 29.2 Å². The van der Waals surface area contributed by atoms with E-state index in [1.807, 2.05) is 0 Å². The first kappa shape index (κ1) is 17.0. The van der Waals surface area contributed by atoms with E-state index in [1.54, 1.807) is 17.5 Å². The fourth-order valence-corrected chi connectivity index (χ4v) is 3.72. The Morgan fingerprint density at radius 2 is 2.12 bits per heavy atom. The number of nitrogens with one attached hydrogen (secondary N) is 1. The number of carbonyl (C=O) groups excluding carboxylic acids is 1. The molecule has 25 heavy (non-hydrogen) atoms. The summed E-state index contributed by atoms with van der Waals surface area (Å²) in [5.74, 6) is -0.311. The van der Waals surface area contributed by atoms with Gasteiger partial charge in [-0.1, -0.05) is 31.4 Å². The molecule has 0 spiro atoms. The monoisotopic (exact) mass is 356 g/mol. The van der Waals surface area contributed by atoms with Crippen molar-refractivity contribution in [3.8, 4) is 17.3 Å². The predicted octanol–water partition coefficient (Wildman–Crippen LogP) is 4.13. The fraction of sp³-hybridized carbons (Fsp3) is 0.353. The van der Waals surface area contributed by atoms with Gasteiger partial charge in [0.2, 0.25) is 5.91 Å². The van der Waals surface area contributed by atoms with Gasteiger partial charge in [-0.2, -0.15) is 5.26 Å². The molecule has 2 aromatic rings. The number of anilines is 1. The van der Waals surface area contributed by atoms with Crippen molar-refractivity contribution in [2.24, 2.45) is 5.41 Å². The Balaban J connectivity index is 1.78. The van der Waals surface area contributed by atoms with Gasteiger partial charge in [0.05, 0.1) is 16.7 Å². The zero-order valence-electron chi connectivity index (χ0n) is 13.4. The average molecular weight is 356 g/mol. The molecule has 7 nitrogen and oxygen atoms in total. The number of nitrogens with zero attached hydrogens (tertiary/aromatic N) is 3. The molecule has 1 aliphatic carbocycles. The maximum Gasteiger partial charge on any atom is 0.270 e. The van der Waals surface area contributed by atoms with Gasteiger partial charge in [0.1, 0.15) is 5.41 Å². The Labute approximate surface area is 148 Å². The number of hydrogen-bond acceptors (Lipinski definition) is 6. The number of benzene rings is 1. The van der Waals surface area contributed by atoms with Gasteiger partial charge in [0, 0.05) is 23.1 Å². The number of nitro benzene ring substituents is 1. The van der Waals surface area contributed by atoms with E-state index < -0.39 is 10.3 Å². The zero-order valence-corrected chi connectivity index (χ0v) is 14.2. The predicted molar refractivity (Wildman–Crippen MR) is 94.0 cm³/mol. The summed E-state index contributed by atoms with van der Waals surface area (Å²) in [5, 5.41) is 25.2. The molecule has 0 radical (unpaired) electrons. The Bertz CT molecular complexity index is 850. The van der Waals surface area contributed by atoms with Crippen LogP contribution in [0.5, 0.6) is 0 Å². The van der Waals surface area contributed by atoms with Crippen molar-refractivity contribution in [3.05, 3.63) is 39.8 Å². The summed E-state index contributed by atoms with van der Waals surface area (Å²) in [6.45, 7) is 0. The normalized spacial score (nSPS) is 16.0. The summed E-state index contributed by atoms with van der Waals surface area (Å²) in [6.07, 6.45) is 3.93. The number of amides is 1. The van der Waals surface area contributed by atoms with Crippen molar-refractivity contribution in [1.29, 1.82) is 5.26 Å². The SMILES string of the molecule is N#CC1(C(=O)Nc2nc(-c3cccc([N+](=O)[O-])c3)cs2)CCCCC1. The molecule has 1 N–H and O–H groups in total. The van der Waals surface area contributed by atoms with Crippen molar-refractivity contribution in [2.45, 2.75) is 32.1 Å². The quantitative estimate of drug-likeness (QED) is 0.654. The molecule has 1 aromatic heterocycles. The van der Waals surface area contributed by atoms with Gasteiger partial charge in [-0.3, -0.25) is 14.9 Å². The van der Waals surface area contributed by atoms with Gasteiger partial charge in [0.15, 0.2) is 5.13 Å². The van der Waals surface area contributed by atoms with Crippen molar-refractivity contribution in [1.82, 2.24) is 4.98 Å². The van der Waals surface area contributed by atoms with Crippen molar-refractivity contribution in [3.63, 3.8) is 0 Å². The number of aromatic nitrogens is 1. The van der Waals surface area contributed by atoms with Crippen molar-refractivity contribution >= 4 is 28.1 Å². The van der Waals surface area contributed by atoms with Crippen molar-refractivity contribution < 1.29 is 9.72 Å². The minimum Gasteiger partial charge on any atom is -0.301 e. The number of nitro groups is 1. The van der Waals surface area contributed by atoms with Crippen LogP contribution in [0.25, 0.3) is 11.3 Å². The first-order valence-electron chi connectivity index (χ1n) is 7.97. The van der Waals surface area contributed by atoms with Crippen LogP contribution in [0.3, 0.4) is 0 Å². The molecular weight excluding hydrogens is 340 g/mol. The molecule has 1 aromatic carbocycles. The van der Waals surface area contributed by atoms with E-state index in [9.17, 15) is 20.2 Å². The van der Waals surface area contributed by atoms with Gasteiger partial charge in [-0.25, -0.2) is 4.98 Å². The van der Waals surface area contributed by atoms with Crippen LogP contribution < -0.4 is 5.32 Å².